The van der Waals surface area contributed by atoms with Crippen LogP contribution < -0.4 is 10.2 Å². The van der Waals surface area contributed by atoms with Crippen molar-refractivity contribution in [1.29, 1.82) is 0 Å². The van der Waals surface area contributed by atoms with Gasteiger partial charge in [-0.15, -0.1) is 0 Å². The van der Waals surface area contributed by atoms with E-state index in [4.69, 9.17) is 0 Å². The van der Waals surface area contributed by atoms with Crippen LogP contribution in [0.1, 0.15) is 55.1 Å². The Morgan fingerprint density at radius 3 is 2.45 bits per heavy atom. The predicted octanol–water partition coefficient (Wildman–Crippen LogP) is 5.99. The van der Waals surface area contributed by atoms with E-state index in [2.05, 4.69) is 52.9 Å². The summed E-state index contributed by atoms with van der Waals surface area (Å²) in [7, 11) is 0. The minimum Gasteiger partial charge on any atom is -0.372 e. The number of aryl methyl sites for hydroxylation is 2. The quantitative estimate of drug-likeness (QED) is 0.562. The van der Waals surface area contributed by atoms with Gasteiger partial charge >= 0.3 is 0 Å². The lowest BCUT2D eigenvalue weighted by Gasteiger charge is -2.28. The molecule has 1 aromatic heterocycles. The van der Waals surface area contributed by atoms with E-state index in [9.17, 15) is 4.79 Å². The molecule has 1 amide bonds. The van der Waals surface area contributed by atoms with E-state index in [1.807, 2.05) is 24.3 Å². The Morgan fingerprint density at radius 2 is 1.72 bits per heavy atom. The van der Waals surface area contributed by atoms with Crippen molar-refractivity contribution in [2.75, 3.05) is 23.3 Å². The number of hydrogen-bond donors (Lipinski definition) is 1. The zero-order chi connectivity index (χ0) is 20.2. The molecule has 4 rings (SSSR count). The van der Waals surface area contributed by atoms with Crippen molar-refractivity contribution in [3.8, 4) is 0 Å². The summed E-state index contributed by atoms with van der Waals surface area (Å²) in [6, 6.07) is 16.6. The van der Waals surface area contributed by atoms with Crippen LogP contribution in [0.5, 0.6) is 0 Å². The summed E-state index contributed by atoms with van der Waals surface area (Å²) in [5.41, 5.74) is 5.07. The van der Waals surface area contributed by atoms with Crippen molar-refractivity contribution >= 4 is 28.2 Å². The molecule has 0 spiro atoms. The Bertz CT molecular complexity index is 981. The Balaban J connectivity index is 1.58. The second-order valence-corrected chi connectivity index (χ2v) is 8.04. The number of benzene rings is 2. The highest BCUT2D eigenvalue weighted by atomic mass is 16.2. The number of fused-ring (bicyclic) bond motifs is 1. The Labute approximate surface area is 173 Å². The number of hydrogen-bond acceptors (Lipinski definition) is 2. The van der Waals surface area contributed by atoms with Gasteiger partial charge in [-0.05, 0) is 68.5 Å². The van der Waals surface area contributed by atoms with Crippen LogP contribution in [0.4, 0.5) is 11.4 Å². The normalized spacial score (nSPS) is 14.3. The Morgan fingerprint density at radius 1 is 1.00 bits per heavy atom. The zero-order valence-electron chi connectivity index (χ0n) is 17.6. The van der Waals surface area contributed by atoms with Gasteiger partial charge in [0.1, 0.15) is 5.69 Å². The van der Waals surface area contributed by atoms with Gasteiger partial charge in [-0.1, -0.05) is 31.5 Å². The van der Waals surface area contributed by atoms with Crippen molar-refractivity contribution in [3.63, 3.8) is 0 Å². The average Bonchev–Trinajstić information content (AvgIpc) is 3.05. The highest BCUT2D eigenvalue weighted by Gasteiger charge is 2.20. The molecule has 0 atom stereocenters. The second kappa shape index (κ2) is 8.73. The molecule has 3 aromatic rings. The Kier molecular flexibility index (Phi) is 5.89. The summed E-state index contributed by atoms with van der Waals surface area (Å²) in [4.78, 5) is 15.7. The first-order chi connectivity index (χ1) is 14.2. The third-order valence-electron chi connectivity index (χ3n) is 6.02. The van der Waals surface area contributed by atoms with Crippen molar-refractivity contribution in [1.82, 2.24) is 4.57 Å². The van der Waals surface area contributed by atoms with Crippen LogP contribution in [0.15, 0.2) is 48.5 Å². The molecule has 2 aromatic carbocycles. The molecule has 29 heavy (non-hydrogen) atoms. The van der Waals surface area contributed by atoms with Crippen LogP contribution in [-0.2, 0) is 6.54 Å². The number of nitrogens with zero attached hydrogens (tertiary/aromatic N) is 2. The first-order valence-electron chi connectivity index (χ1n) is 10.9. The molecule has 2 heterocycles. The van der Waals surface area contributed by atoms with Crippen molar-refractivity contribution in [2.24, 2.45) is 0 Å². The van der Waals surface area contributed by atoms with Crippen molar-refractivity contribution < 1.29 is 4.79 Å². The zero-order valence-corrected chi connectivity index (χ0v) is 17.6. The van der Waals surface area contributed by atoms with Crippen LogP contribution in [0.2, 0.25) is 0 Å². The maximum atomic E-state index is 13.2. The molecule has 1 saturated heterocycles. The van der Waals surface area contributed by atoms with E-state index in [0.717, 1.165) is 60.3 Å². The number of unbranched alkanes of at least 4 members (excludes halogenated alkanes) is 1. The number of anilines is 2. The van der Waals surface area contributed by atoms with E-state index < -0.39 is 0 Å². The number of piperidine rings is 1. The second-order valence-electron chi connectivity index (χ2n) is 8.04. The lowest BCUT2D eigenvalue weighted by atomic mass is 10.1. The molecule has 0 radical (unpaired) electrons. The van der Waals surface area contributed by atoms with E-state index >= 15 is 0 Å². The molecule has 0 unspecified atom stereocenters. The fourth-order valence-corrected chi connectivity index (χ4v) is 4.42. The number of para-hydroxylation sites is 1. The van der Waals surface area contributed by atoms with E-state index in [-0.39, 0.29) is 5.91 Å². The minimum absolute atomic E-state index is 0.0273. The number of amides is 1. The van der Waals surface area contributed by atoms with Gasteiger partial charge in [-0.25, -0.2) is 0 Å². The molecular weight excluding hydrogens is 358 g/mol. The van der Waals surface area contributed by atoms with Gasteiger partial charge in [0.05, 0.1) is 0 Å². The van der Waals surface area contributed by atoms with Gasteiger partial charge in [0.15, 0.2) is 0 Å². The lowest BCUT2D eigenvalue weighted by molar-refractivity contribution is 0.101. The fourth-order valence-electron chi connectivity index (χ4n) is 4.42. The van der Waals surface area contributed by atoms with Crippen LogP contribution >= 0.6 is 0 Å². The van der Waals surface area contributed by atoms with Crippen LogP contribution in [0, 0.1) is 6.92 Å². The summed E-state index contributed by atoms with van der Waals surface area (Å²) >= 11 is 0. The first kappa shape index (κ1) is 19.6. The summed E-state index contributed by atoms with van der Waals surface area (Å²) in [6.45, 7) is 7.35. The number of rotatable bonds is 6. The first-order valence-corrected chi connectivity index (χ1v) is 10.9. The van der Waals surface area contributed by atoms with Gasteiger partial charge in [0.25, 0.3) is 5.91 Å². The highest BCUT2D eigenvalue weighted by Crippen LogP contribution is 2.27. The van der Waals surface area contributed by atoms with E-state index in [1.165, 1.54) is 24.9 Å². The highest BCUT2D eigenvalue weighted by molar-refractivity contribution is 6.08. The summed E-state index contributed by atoms with van der Waals surface area (Å²) in [5, 5.41) is 4.29. The maximum Gasteiger partial charge on any atom is 0.272 e. The van der Waals surface area contributed by atoms with Gasteiger partial charge in [0, 0.05) is 41.9 Å². The molecule has 152 valence electrons. The van der Waals surface area contributed by atoms with Gasteiger partial charge in [-0.2, -0.15) is 0 Å². The lowest BCUT2D eigenvalue weighted by Crippen LogP contribution is -2.29. The van der Waals surface area contributed by atoms with Crippen LogP contribution in [-0.4, -0.2) is 23.6 Å². The number of nitrogens with one attached hydrogen (secondary N) is 1. The van der Waals surface area contributed by atoms with E-state index in [0.29, 0.717) is 0 Å². The SMILES string of the molecule is CCCCn1c(C(=O)Nc2ccc(N3CCCCC3)cc2)c(C)c2ccccc21. The molecule has 0 aliphatic carbocycles. The number of carbonyl (C=O) groups excluding carboxylic acids is 1. The Hall–Kier alpha value is -2.75. The summed E-state index contributed by atoms with van der Waals surface area (Å²) in [5.74, 6) is -0.0273. The standard InChI is InChI=1S/C25H31N3O/c1-3-4-18-28-23-11-7-6-10-22(23)19(2)24(28)25(29)26-20-12-14-21(15-13-20)27-16-8-5-9-17-27/h6-7,10-15H,3-5,8-9,16-18H2,1-2H3,(H,26,29). The van der Waals surface area contributed by atoms with Crippen LogP contribution in [0.3, 0.4) is 0 Å². The smallest absolute Gasteiger partial charge is 0.272 e. The average molecular weight is 390 g/mol. The summed E-state index contributed by atoms with van der Waals surface area (Å²) < 4.78 is 2.19. The van der Waals surface area contributed by atoms with Gasteiger partial charge < -0.3 is 14.8 Å². The minimum atomic E-state index is -0.0273. The van der Waals surface area contributed by atoms with Crippen molar-refractivity contribution in [3.05, 3.63) is 59.8 Å². The number of aromatic nitrogens is 1. The largest absolute Gasteiger partial charge is 0.372 e. The third-order valence-corrected chi connectivity index (χ3v) is 6.02. The topological polar surface area (TPSA) is 37.3 Å². The fraction of sp³-hybridized carbons (Fsp3) is 0.400. The molecule has 4 nitrogen and oxygen atoms in total. The molecule has 0 saturated carbocycles. The molecule has 1 aliphatic heterocycles. The van der Waals surface area contributed by atoms with Gasteiger partial charge in [-0.3, -0.25) is 4.79 Å². The molecular formula is C25H31N3O. The molecule has 0 bridgehead atoms. The molecule has 4 heteroatoms. The molecule has 1 N–H and O–H groups in total. The maximum absolute atomic E-state index is 13.2. The number of carbonyl (C=O) groups is 1. The van der Waals surface area contributed by atoms with E-state index in [1.54, 1.807) is 0 Å². The van der Waals surface area contributed by atoms with Crippen LogP contribution in [0.25, 0.3) is 10.9 Å². The van der Waals surface area contributed by atoms with Crippen molar-refractivity contribution in [2.45, 2.75) is 52.5 Å². The monoisotopic (exact) mass is 389 g/mol. The summed E-state index contributed by atoms with van der Waals surface area (Å²) in [6.07, 6.45) is 6.02. The predicted molar refractivity (Wildman–Crippen MR) is 122 cm³/mol. The molecule has 1 aliphatic rings. The van der Waals surface area contributed by atoms with Gasteiger partial charge in [0.2, 0.25) is 0 Å². The molecule has 1 fully saturated rings. The third kappa shape index (κ3) is 4.02.